The van der Waals surface area contributed by atoms with Crippen molar-refractivity contribution in [1.29, 1.82) is 0 Å². The number of hydrogen-bond donors (Lipinski definition) is 2. The van der Waals surface area contributed by atoms with E-state index in [9.17, 15) is 4.79 Å². The number of anilines is 1. The summed E-state index contributed by atoms with van der Waals surface area (Å²) in [6.45, 7) is 0. The average Bonchev–Trinajstić information content (AvgIpc) is 3.59. The highest BCUT2D eigenvalue weighted by molar-refractivity contribution is 7.80. The molecule has 0 radical (unpaired) electrons. The van der Waals surface area contributed by atoms with Gasteiger partial charge in [0.15, 0.2) is 5.11 Å². The number of hydrogen-bond acceptors (Lipinski definition) is 4. The predicted octanol–water partition coefficient (Wildman–Crippen LogP) is 6.99. The number of halogens is 1. The maximum absolute atomic E-state index is 13.6. The molecule has 3 aromatic carbocycles. The van der Waals surface area contributed by atoms with Crippen LogP contribution in [0.4, 0.5) is 5.69 Å². The predicted molar refractivity (Wildman–Crippen MR) is 152 cm³/mol. The molecule has 1 unspecified atom stereocenters. The molecule has 1 aliphatic rings. The summed E-state index contributed by atoms with van der Waals surface area (Å²) in [4.78, 5) is 16.6. The van der Waals surface area contributed by atoms with Crippen LogP contribution in [0.25, 0.3) is 22.0 Å². The van der Waals surface area contributed by atoms with Crippen LogP contribution in [0.3, 0.4) is 0 Å². The molecule has 0 saturated carbocycles. The molecule has 1 aliphatic heterocycles. The van der Waals surface area contributed by atoms with Gasteiger partial charge >= 0.3 is 0 Å². The molecule has 2 aromatic heterocycles. The van der Waals surface area contributed by atoms with E-state index in [1.807, 2.05) is 91.0 Å². The Labute approximate surface area is 223 Å². The standard InChI is InChI=1S/C29H21ClN4O2S/c30-19-14-12-18(13-15-19)26-21-9-4-5-10-22(21)32-28(35)27(26)23-17-24(25-11-6-16-36-25)34(33-23)29(37)31-20-7-2-1-3-8-20/h1-16,24H,17H2,(H,31,37)(H,32,35). The number of fused-ring (bicyclic) bond motifs is 1. The summed E-state index contributed by atoms with van der Waals surface area (Å²) in [6, 6.07) is 28.3. The molecule has 1 atom stereocenters. The third kappa shape index (κ3) is 4.43. The Morgan fingerprint density at radius 1 is 0.973 bits per heavy atom. The lowest BCUT2D eigenvalue weighted by atomic mass is 9.92. The second-order valence-corrected chi connectivity index (χ2v) is 9.50. The molecular formula is C29H21ClN4O2S. The Morgan fingerprint density at radius 2 is 1.73 bits per heavy atom. The van der Waals surface area contributed by atoms with Crippen molar-refractivity contribution in [2.24, 2.45) is 5.10 Å². The topological polar surface area (TPSA) is 73.6 Å². The molecule has 2 N–H and O–H groups in total. The van der Waals surface area contributed by atoms with Crippen LogP contribution < -0.4 is 10.9 Å². The number of furan rings is 1. The fraction of sp³-hybridized carbons (Fsp3) is 0.0690. The summed E-state index contributed by atoms with van der Waals surface area (Å²) in [5.41, 5.74) is 4.18. The summed E-state index contributed by atoms with van der Waals surface area (Å²) in [5, 5.41) is 11.8. The first kappa shape index (κ1) is 23.2. The number of hydrazone groups is 1. The number of H-pyrrole nitrogens is 1. The van der Waals surface area contributed by atoms with Crippen molar-refractivity contribution in [2.45, 2.75) is 12.5 Å². The molecule has 6 rings (SSSR count). The minimum atomic E-state index is -0.308. The van der Waals surface area contributed by atoms with E-state index >= 15 is 0 Å². The number of rotatable bonds is 4. The molecule has 8 heteroatoms. The van der Waals surface area contributed by atoms with Crippen LogP contribution in [0.5, 0.6) is 0 Å². The van der Waals surface area contributed by atoms with E-state index in [1.54, 1.807) is 11.3 Å². The molecule has 3 heterocycles. The number of benzene rings is 3. The highest BCUT2D eigenvalue weighted by Gasteiger charge is 2.35. The molecule has 0 saturated heterocycles. The minimum Gasteiger partial charge on any atom is -0.467 e. The Kier molecular flexibility index (Phi) is 6.08. The van der Waals surface area contributed by atoms with E-state index in [0.717, 1.165) is 27.7 Å². The van der Waals surface area contributed by atoms with Gasteiger partial charge in [-0.2, -0.15) is 5.10 Å². The maximum atomic E-state index is 13.6. The van der Waals surface area contributed by atoms with E-state index in [1.165, 1.54) is 0 Å². The van der Waals surface area contributed by atoms with Crippen LogP contribution in [0.1, 0.15) is 23.8 Å². The lowest BCUT2D eigenvalue weighted by Gasteiger charge is -2.23. The Morgan fingerprint density at radius 3 is 2.49 bits per heavy atom. The third-order valence-electron chi connectivity index (χ3n) is 6.36. The van der Waals surface area contributed by atoms with Crippen molar-refractivity contribution in [2.75, 3.05) is 5.32 Å². The van der Waals surface area contributed by atoms with Gasteiger partial charge in [0.2, 0.25) is 0 Å². The molecule has 5 aromatic rings. The molecule has 0 spiro atoms. The molecular weight excluding hydrogens is 504 g/mol. The maximum Gasteiger partial charge on any atom is 0.258 e. The second-order valence-electron chi connectivity index (χ2n) is 8.68. The number of aromatic amines is 1. The lowest BCUT2D eigenvalue weighted by Crippen LogP contribution is -2.30. The molecule has 0 fully saturated rings. The zero-order valence-electron chi connectivity index (χ0n) is 19.5. The summed E-state index contributed by atoms with van der Waals surface area (Å²) in [5.74, 6) is 0.709. The molecule has 0 aliphatic carbocycles. The molecule has 182 valence electrons. The fourth-order valence-electron chi connectivity index (χ4n) is 4.69. The monoisotopic (exact) mass is 524 g/mol. The van der Waals surface area contributed by atoms with Crippen molar-refractivity contribution >= 4 is 51.2 Å². The minimum absolute atomic E-state index is 0.218. The first-order valence-corrected chi connectivity index (χ1v) is 12.5. The van der Waals surface area contributed by atoms with Gasteiger partial charge in [0, 0.05) is 33.6 Å². The van der Waals surface area contributed by atoms with Gasteiger partial charge in [0.1, 0.15) is 11.8 Å². The number of para-hydroxylation sites is 2. The number of pyridine rings is 1. The Balaban J connectivity index is 1.51. The summed E-state index contributed by atoms with van der Waals surface area (Å²) in [7, 11) is 0. The highest BCUT2D eigenvalue weighted by Crippen LogP contribution is 2.37. The Hall–Kier alpha value is -4.20. The van der Waals surface area contributed by atoms with Crippen molar-refractivity contribution < 1.29 is 4.42 Å². The van der Waals surface area contributed by atoms with Crippen LogP contribution in [-0.2, 0) is 0 Å². The number of nitrogens with one attached hydrogen (secondary N) is 2. The van der Waals surface area contributed by atoms with Crippen molar-refractivity contribution in [3.8, 4) is 11.1 Å². The van der Waals surface area contributed by atoms with Gasteiger partial charge in [-0.05, 0) is 60.2 Å². The number of thiocarbonyl (C=S) groups is 1. The van der Waals surface area contributed by atoms with Gasteiger partial charge in [0.05, 0.1) is 17.5 Å². The van der Waals surface area contributed by atoms with Crippen LogP contribution in [0.2, 0.25) is 5.02 Å². The largest absolute Gasteiger partial charge is 0.467 e. The average molecular weight is 525 g/mol. The van der Waals surface area contributed by atoms with Crippen LogP contribution in [0, 0.1) is 0 Å². The SMILES string of the molecule is O=c1[nH]c2ccccc2c(-c2ccc(Cl)cc2)c1C1=NN(C(=S)Nc2ccccc2)C(c2ccco2)C1. The summed E-state index contributed by atoms with van der Waals surface area (Å²) < 4.78 is 5.76. The first-order valence-electron chi connectivity index (χ1n) is 11.8. The Bertz CT molecular complexity index is 1680. The summed E-state index contributed by atoms with van der Waals surface area (Å²) >= 11 is 11.9. The van der Waals surface area contributed by atoms with Crippen LogP contribution in [-0.4, -0.2) is 20.8 Å². The normalized spacial score (nSPS) is 15.1. The van der Waals surface area contributed by atoms with Gasteiger partial charge < -0.3 is 14.7 Å². The van der Waals surface area contributed by atoms with E-state index in [0.29, 0.717) is 33.6 Å². The second kappa shape index (κ2) is 9.69. The smallest absolute Gasteiger partial charge is 0.258 e. The van der Waals surface area contributed by atoms with Crippen LogP contribution in [0.15, 0.2) is 112 Å². The van der Waals surface area contributed by atoms with E-state index in [2.05, 4.69) is 10.3 Å². The highest BCUT2D eigenvalue weighted by atomic mass is 35.5. The van der Waals surface area contributed by atoms with E-state index in [4.69, 9.17) is 33.3 Å². The van der Waals surface area contributed by atoms with Gasteiger partial charge in [-0.15, -0.1) is 0 Å². The van der Waals surface area contributed by atoms with Gasteiger partial charge in [-0.1, -0.05) is 60.1 Å². The van der Waals surface area contributed by atoms with Gasteiger partial charge in [-0.3, -0.25) is 4.79 Å². The van der Waals surface area contributed by atoms with Gasteiger partial charge in [0.25, 0.3) is 5.56 Å². The zero-order chi connectivity index (χ0) is 25.4. The van der Waals surface area contributed by atoms with Crippen molar-refractivity contribution in [3.63, 3.8) is 0 Å². The van der Waals surface area contributed by atoms with Crippen LogP contribution >= 0.6 is 23.8 Å². The van der Waals surface area contributed by atoms with E-state index < -0.39 is 0 Å². The molecule has 37 heavy (non-hydrogen) atoms. The fourth-order valence-corrected chi connectivity index (χ4v) is 5.10. The lowest BCUT2D eigenvalue weighted by molar-refractivity contribution is 0.318. The van der Waals surface area contributed by atoms with Crippen molar-refractivity contribution in [3.05, 3.63) is 124 Å². The molecule has 0 bridgehead atoms. The first-order chi connectivity index (χ1) is 18.1. The van der Waals surface area contributed by atoms with E-state index in [-0.39, 0.29) is 11.6 Å². The number of nitrogens with zero attached hydrogens (tertiary/aromatic N) is 2. The van der Waals surface area contributed by atoms with Gasteiger partial charge in [-0.25, -0.2) is 5.01 Å². The quantitative estimate of drug-likeness (QED) is 0.248. The third-order valence-corrected chi connectivity index (χ3v) is 6.90. The summed E-state index contributed by atoms with van der Waals surface area (Å²) in [6.07, 6.45) is 2.06. The molecule has 6 nitrogen and oxygen atoms in total. The zero-order valence-corrected chi connectivity index (χ0v) is 21.1. The van der Waals surface area contributed by atoms with Crippen molar-refractivity contribution in [1.82, 2.24) is 9.99 Å². The molecule has 0 amide bonds. The number of aromatic nitrogens is 1.